The van der Waals surface area contributed by atoms with Crippen molar-refractivity contribution in [2.24, 2.45) is 10.9 Å². The third kappa shape index (κ3) is 5.71. The largest absolute Gasteiger partial charge is 0.489 e. The molecule has 0 bridgehead atoms. The molecule has 1 amide bonds. The fourth-order valence-electron chi connectivity index (χ4n) is 4.71. The number of carbonyl (C=O) groups excluding carboxylic acids is 1. The van der Waals surface area contributed by atoms with E-state index in [9.17, 15) is 9.18 Å². The van der Waals surface area contributed by atoms with Crippen LogP contribution in [0, 0.1) is 11.7 Å². The van der Waals surface area contributed by atoms with Crippen LogP contribution in [0.3, 0.4) is 0 Å². The lowest BCUT2D eigenvalue weighted by Gasteiger charge is -2.35. The van der Waals surface area contributed by atoms with Crippen LogP contribution in [0.5, 0.6) is 5.75 Å². The van der Waals surface area contributed by atoms with Crippen LogP contribution in [-0.4, -0.2) is 22.0 Å². The van der Waals surface area contributed by atoms with Crippen molar-refractivity contribution in [3.05, 3.63) is 101 Å². The highest BCUT2D eigenvalue weighted by atomic mass is 32.2. The summed E-state index contributed by atoms with van der Waals surface area (Å²) in [6, 6.07) is 23.9. The van der Waals surface area contributed by atoms with Crippen molar-refractivity contribution in [1.29, 1.82) is 0 Å². The fourth-order valence-corrected chi connectivity index (χ4v) is 5.75. The first-order valence-electron chi connectivity index (χ1n) is 12.4. The van der Waals surface area contributed by atoms with Crippen molar-refractivity contribution in [3.63, 3.8) is 0 Å². The van der Waals surface area contributed by atoms with Gasteiger partial charge in [0, 0.05) is 6.04 Å². The number of hydrogen-bond donors (Lipinski definition) is 0. The molecular weight excluding hydrogens is 471 g/mol. The van der Waals surface area contributed by atoms with Gasteiger partial charge in [-0.25, -0.2) is 9.38 Å². The summed E-state index contributed by atoms with van der Waals surface area (Å²) in [6.07, 6.45) is 6.44. The van der Waals surface area contributed by atoms with Gasteiger partial charge in [-0.3, -0.25) is 9.69 Å². The average molecular weight is 501 g/mol. The van der Waals surface area contributed by atoms with Gasteiger partial charge >= 0.3 is 0 Å². The zero-order valence-corrected chi connectivity index (χ0v) is 21.1. The summed E-state index contributed by atoms with van der Waals surface area (Å²) in [5.74, 6) is 0.936. The van der Waals surface area contributed by atoms with E-state index in [1.54, 1.807) is 12.1 Å². The molecule has 5 rings (SSSR count). The molecule has 1 saturated carbocycles. The van der Waals surface area contributed by atoms with Crippen molar-refractivity contribution in [2.45, 2.75) is 45.3 Å². The molecule has 3 aromatic carbocycles. The number of amidine groups is 1. The number of carbonyl (C=O) groups is 1. The van der Waals surface area contributed by atoms with Gasteiger partial charge in [-0.05, 0) is 84.1 Å². The first-order valence-corrected chi connectivity index (χ1v) is 13.2. The second kappa shape index (κ2) is 11.1. The van der Waals surface area contributed by atoms with Crippen LogP contribution in [0.1, 0.15) is 43.7 Å². The first-order chi connectivity index (χ1) is 17.6. The van der Waals surface area contributed by atoms with Crippen LogP contribution < -0.4 is 4.74 Å². The van der Waals surface area contributed by atoms with E-state index in [1.165, 1.54) is 30.3 Å². The van der Waals surface area contributed by atoms with Crippen molar-refractivity contribution in [3.8, 4) is 5.75 Å². The van der Waals surface area contributed by atoms with Gasteiger partial charge < -0.3 is 4.74 Å². The second-order valence-electron chi connectivity index (χ2n) is 9.33. The third-order valence-electron chi connectivity index (χ3n) is 6.71. The van der Waals surface area contributed by atoms with E-state index in [-0.39, 0.29) is 17.8 Å². The van der Waals surface area contributed by atoms with Gasteiger partial charge in [-0.1, -0.05) is 62.2 Å². The van der Waals surface area contributed by atoms with Crippen molar-refractivity contribution in [1.82, 2.24) is 4.90 Å². The summed E-state index contributed by atoms with van der Waals surface area (Å²) in [7, 11) is 0. The maximum absolute atomic E-state index is 13.6. The molecule has 2 aliphatic rings. The molecule has 6 heteroatoms. The molecule has 0 spiro atoms. The zero-order valence-electron chi connectivity index (χ0n) is 20.3. The molecule has 1 heterocycles. The standard InChI is InChI=1S/C30H29FN2O2S/c1-21-7-5-6-10-27(21)33-29(34)28(36-30(33)32-25-8-3-2-4-9-25)19-22-13-17-26(18-14-22)35-20-23-11-15-24(31)16-12-23/h2-4,8-9,11-19,21,27H,5-7,10,20H2,1H3/b28-19-,32-30?/t21-,27+/m0/s1. The highest BCUT2D eigenvalue weighted by molar-refractivity contribution is 8.18. The summed E-state index contributed by atoms with van der Waals surface area (Å²) in [5, 5.41) is 0.760. The summed E-state index contributed by atoms with van der Waals surface area (Å²) >= 11 is 1.45. The number of para-hydroxylation sites is 1. The van der Waals surface area contributed by atoms with Crippen LogP contribution in [0.15, 0.2) is 88.8 Å². The Morgan fingerprint density at radius 1 is 1.00 bits per heavy atom. The van der Waals surface area contributed by atoms with Crippen molar-refractivity contribution < 1.29 is 13.9 Å². The Kier molecular flexibility index (Phi) is 7.52. The molecule has 1 aliphatic heterocycles. The van der Waals surface area contributed by atoms with Gasteiger partial charge in [-0.2, -0.15) is 0 Å². The summed E-state index contributed by atoms with van der Waals surface area (Å²) < 4.78 is 18.9. The van der Waals surface area contributed by atoms with Crippen LogP contribution in [0.2, 0.25) is 0 Å². The number of amides is 1. The molecule has 4 nitrogen and oxygen atoms in total. The molecular formula is C30H29FN2O2S. The Hall–Kier alpha value is -3.38. The minimum atomic E-state index is -0.260. The van der Waals surface area contributed by atoms with E-state index in [4.69, 9.17) is 9.73 Å². The number of thioether (sulfide) groups is 1. The fraction of sp³-hybridized carbons (Fsp3) is 0.267. The van der Waals surface area contributed by atoms with Crippen molar-refractivity contribution >= 4 is 34.6 Å². The van der Waals surface area contributed by atoms with E-state index in [2.05, 4.69) is 6.92 Å². The highest BCUT2D eigenvalue weighted by Gasteiger charge is 2.41. The molecule has 3 aromatic rings. The van der Waals surface area contributed by atoms with E-state index in [0.29, 0.717) is 17.4 Å². The zero-order chi connectivity index (χ0) is 24.9. The van der Waals surface area contributed by atoms with Gasteiger partial charge in [0.2, 0.25) is 0 Å². The number of nitrogens with zero attached hydrogens (tertiary/aromatic N) is 2. The van der Waals surface area contributed by atoms with Crippen LogP contribution in [-0.2, 0) is 11.4 Å². The number of benzene rings is 3. The summed E-state index contributed by atoms with van der Waals surface area (Å²) in [6.45, 7) is 2.61. The number of hydrogen-bond acceptors (Lipinski definition) is 4. The highest BCUT2D eigenvalue weighted by Crippen LogP contribution is 2.40. The number of rotatable bonds is 6. The third-order valence-corrected chi connectivity index (χ3v) is 7.70. The predicted octanol–water partition coefficient (Wildman–Crippen LogP) is 7.59. The smallest absolute Gasteiger partial charge is 0.267 e. The molecule has 2 fully saturated rings. The summed E-state index contributed by atoms with van der Waals surface area (Å²) in [5.41, 5.74) is 2.68. The van der Waals surface area contributed by atoms with Gasteiger partial charge in [-0.15, -0.1) is 0 Å². The molecule has 1 saturated heterocycles. The van der Waals surface area contributed by atoms with Gasteiger partial charge in [0.15, 0.2) is 5.17 Å². The Morgan fingerprint density at radius 3 is 2.44 bits per heavy atom. The number of ether oxygens (including phenoxy) is 1. The molecule has 0 aromatic heterocycles. The number of halogens is 1. The lowest BCUT2D eigenvalue weighted by atomic mass is 9.85. The average Bonchev–Trinajstić information content (AvgIpc) is 3.19. The minimum absolute atomic E-state index is 0.0325. The monoisotopic (exact) mass is 500 g/mol. The summed E-state index contributed by atoms with van der Waals surface area (Å²) in [4.78, 5) is 21.1. The van der Waals surface area contributed by atoms with E-state index in [1.807, 2.05) is 65.6 Å². The van der Waals surface area contributed by atoms with Crippen LogP contribution in [0.25, 0.3) is 6.08 Å². The number of aliphatic imine (C=N–C) groups is 1. The minimum Gasteiger partial charge on any atom is -0.489 e. The second-order valence-corrected chi connectivity index (χ2v) is 10.3. The quantitative estimate of drug-likeness (QED) is 0.328. The van der Waals surface area contributed by atoms with Gasteiger partial charge in [0.1, 0.15) is 18.2 Å². The lowest BCUT2D eigenvalue weighted by molar-refractivity contribution is -0.124. The van der Waals surface area contributed by atoms with E-state index >= 15 is 0 Å². The van der Waals surface area contributed by atoms with E-state index < -0.39 is 0 Å². The Labute approximate surface area is 215 Å². The molecule has 1 aliphatic carbocycles. The topological polar surface area (TPSA) is 41.9 Å². The molecule has 0 radical (unpaired) electrons. The van der Waals surface area contributed by atoms with Crippen LogP contribution >= 0.6 is 11.8 Å². The SMILES string of the molecule is C[C@H]1CCCC[C@H]1N1C(=O)/C(=C/c2ccc(OCc3ccc(F)cc3)cc2)SC1=Nc1ccccc1. The Balaban J connectivity index is 1.35. The molecule has 184 valence electrons. The molecule has 36 heavy (non-hydrogen) atoms. The Morgan fingerprint density at radius 2 is 1.72 bits per heavy atom. The van der Waals surface area contributed by atoms with Gasteiger partial charge in [0.25, 0.3) is 5.91 Å². The van der Waals surface area contributed by atoms with E-state index in [0.717, 1.165) is 47.0 Å². The van der Waals surface area contributed by atoms with Crippen molar-refractivity contribution in [2.75, 3.05) is 0 Å². The normalized spacial score (nSPS) is 22.4. The van der Waals surface area contributed by atoms with Gasteiger partial charge in [0.05, 0.1) is 10.6 Å². The Bertz CT molecular complexity index is 1260. The molecule has 2 atom stereocenters. The lowest BCUT2D eigenvalue weighted by Crippen LogP contribution is -2.44. The maximum Gasteiger partial charge on any atom is 0.267 e. The van der Waals surface area contributed by atoms with Crippen LogP contribution in [0.4, 0.5) is 10.1 Å². The first kappa shape index (κ1) is 24.3. The molecule has 0 unspecified atom stereocenters. The molecule has 0 N–H and O–H groups in total. The maximum atomic E-state index is 13.6. The predicted molar refractivity (Wildman–Crippen MR) is 145 cm³/mol.